The summed E-state index contributed by atoms with van der Waals surface area (Å²) in [4.78, 5) is 0. The zero-order chi connectivity index (χ0) is 5.91. The van der Waals surface area contributed by atoms with Gasteiger partial charge in [-0.15, -0.1) is 0 Å². The van der Waals surface area contributed by atoms with E-state index in [2.05, 4.69) is 4.18 Å². The molecule has 0 aliphatic rings. The molecule has 8 heavy (non-hydrogen) atoms. The molecule has 4 nitrogen and oxygen atoms in total. The van der Waals surface area contributed by atoms with Gasteiger partial charge in [0, 0.05) is 48.9 Å². The second-order valence-corrected chi connectivity index (χ2v) is 1.93. The van der Waals surface area contributed by atoms with E-state index in [0.29, 0.717) is 0 Å². The van der Waals surface area contributed by atoms with Crippen molar-refractivity contribution in [2.75, 3.05) is 6.61 Å². The first-order valence-electron chi connectivity index (χ1n) is 1.68. The normalized spacial score (nSPS) is 10.2. The van der Waals surface area contributed by atoms with E-state index in [4.69, 9.17) is 4.55 Å². The van der Waals surface area contributed by atoms with Gasteiger partial charge in [-0.3, -0.25) is 4.55 Å². The Kier molecular flexibility index (Phi) is 7.96. The maximum absolute atomic E-state index is 9.56. The summed E-state index contributed by atoms with van der Waals surface area (Å²) < 4.78 is 30.7. The molecule has 0 spiro atoms. The Morgan fingerprint density at radius 3 is 2.00 bits per heavy atom. The molecule has 0 fully saturated rings. The van der Waals surface area contributed by atoms with E-state index in [0.717, 1.165) is 0 Å². The average Bonchev–Trinajstić information content (AvgIpc) is 1.30. The second kappa shape index (κ2) is 5.24. The van der Waals surface area contributed by atoms with Crippen LogP contribution in [0.15, 0.2) is 0 Å². The largest absolute Gasteiger partial charge is 0.397 e. The van der Waals surface area contributed by atoms with Crippen molar-refractivity contribution in [1.29, 1.82) is 0 Å². The molecule has 0 aromatic rings. The quantitative estimate of drug-likeness (QED) is 0.536. The molecule has 1 N–H and O–H groups in total. The van der Waals surface area contributed by atoms with Gasteiger partial charge >= 0.3 is 10.4 Å². The van der Waals surface area contributed by atoms with Gasteiger partial charge < -0.3 is 0 Å². The van der Waals surface area contributed by atoms with Gasteiger partial charge in [-0.05, 0) is 6.92 Å². The molecule has 0 aromatic heterocycles. The molecule has 0 rings (SSSR count). The van der Waals surface area contributed by atoms with Crippen molar-refractivity contribution in [3.8, 4) is 0 Å². The van der Waals surface area contributed by atoms with Crippen molar-refractivity contribution in [3.05, 3.63) is 0 Å². The van der Waals surface area contributed by atoms with Gasteiger partial charge in [0.2, 0.25) is 0 Å². The van der Waals surface area contributed by atoms with Gasteiger partial charge in [-0.25, -0.2) is 4.18 Å². The molecule has 0 bridgehead atoms. The molecule has 6 heteroatoms. The summed E-state index contributed by atoms with van der Waals surface area (Å²) in [5.74, 6) is 0. The van der Waals surface area contributed by atoms with E-state index in [1.54, 1.807) is 0 Å². The molecule has 46 valence electrons. The molecular formula is C2H6BaO4S. The molecule has 0 aliphatic carbocycles. The molecule has 0 aromatic carbocycles. The third-order valence-corrected chi connectivity index (χ3v) is 0.800. The van der Waals surface area contributed by atoms with Crippen LogP contribution in [-0.2, 0) is 14.6 Å². The second-order valence-electron chi connectivity index (χ2n) is 0.834. The smallest absolute Gasteiger partial charge is 0.264 e. The summed E-state index contributed by atoms with van der Waals surface area (Å²) in [6, 6.07) is 0. The minimum atomic E-state index is -4.17. The van der Waals surface area contributed by atoms with E-state index in [1.165, 1.54) is 6.92 Å². The molecule has 0 unspecified atom stereocenters. The zero-order valence-corrected chi connectivity index (χ0v) is 9.75. The maximum atomic E-state index is 9.56. The zero-order valence-electron chi connectivity index (χ0n) is 4.49. The van der Waals surface area contributed by atoms with Gasteiger partial charge in [0.15, 0.2) is 0 Å². The third-order valence-electron chi connectivity index (χ3n) is 0.267. The Morgan fingerprint density at radius 2 is 2.00 bits per heavy atom. The maximum Gasteiger partial charge on any atom is 0.397 e. The van der Waals surface area contributed by atoms with E-state index < -0.39 is 10.4 Å². The van der Waals surface area contributed by atoms with Crippen LogP contribution >= 0.6 is 0 Å². The fourth-order valence-corrected chi connectivity index (χ4v) is 0.447. The fourth-order valence-electron chi connectivity index (χ4n) is 0.149. The van der Waals surface area contributed by atoms with Crippen molar-refractivity contribution in [2.45, 2.75) is 6.92 Å². The van der Waals surface area contributed by atoms with Gasteiger partial charge in [-0.1, -0.05) is 0 Å². The summed E-state index contributed by atoms with van der Waals surface area (Å²) in [6.45, 7) is 1.44. The number of hydrogen-bond donors (Lipinski definition) is 1. The van der Waals surface area contributed by atoms with Crippen LogP contribution in [0.5, 0.6) is 0 Å². The van der Waals surface area contributed by atoms with Crippen LogP contribution in [0.1, 0.15) is 6.92 Å². The summed E-state index contributed by atoms with van der Waals surface area (Å²) >= 11 is 0. The third kappa shape index (κ3) is 10.4. The van der Waals surface area contributed by atoms with Crippen LogP contribution in [-0.4, -0.2) is 68.5 Å². The van der Waals surface area contributed by atoms with Crippen LogP contribution in [0, 0.1) is 0 Å². The van der Waals surface area contributed by atoms with Gasteiger partial charge in [0.25, 0.3) is 0 Å². The monoisotopic (exact) mass is 264 g/mol. The Balaban J connectivity index is 0. The summed E-state index contributed by atoms with van der Waals surface area (Å²) in [5, 5.41) is 0. The van der Waals surface area contributed by atoms with Crippen molar-refractivity contribution in [3.63, 3.8) is 0 Å². The molecule has 0 amide bonds. The minimum Gasteiger partial charge on any atom is -0.264 e. The van der Waals surface area contributed by atoms with E-state index >= 15 is 0 Å². The van der Waals surface area contributed by atoms with Crippen LogP contribution in [0.2, 0.25) is 0 Å². The SMILES string of the molecule is CCOS(=O)(=O)O.[Ba]. The first-order chi connectivity index (χ1) is 3.06. The Labute approximate surface area is 88.6 Å². The van der Waals surface area contributed by atoms with Crippen molar-refractivity contribution >= 4 is 59.3 Å². The summed E-state index contributed by atoms with van der Waals surface area (Å²) in [5.41, 5.74) is 0. The van der Waals surface area contributed by atoms with Gasteiger partial charge in [0.05, 0.1) is 6.61 Å². The van der Waals surface area contributed by atoms with Gasteiger partial charge in [0.1, 0.15) is 0 Å². The van der Waals surface area contributed by atoms with E-state index in [-0.39, 0.29) is 55.5 Å². The first kappa shape index (κ1) is 12.1. The molecule has 0 saturated heterocycles. The van der Waals surface area contributed by atoms with E-state index in [9.17, 15) is 8.42 Å². The first-order valence-corrected chi connectivity index (χ1v) is 3.04. The standard InChI is InChI=1S/C2H6O4S.Ba/c1-2-6-7(3,4)5;/h2H2,1H3,(H,3,4,5);. The average molecular weight is 263 g/mol. The van der Waals surface area contributed by atoms with Crippen LogP contribution in [0.4, 0.5) is 0 Å². The Bertz CT molecular complexity index is 127. The molecule has 0 saturated carbocycles. The van der Waals surface area contributed by atoms with Crippen LogP contribution < -0.4 is 0 Å². The molecular weight excluding hydrogens is 257 g/mol. The number of hydrogen-bond acceptors (Lipinski definition) is 3. The molecule has 0 heterocycles. The Morgan fingerprint density at radius 1 is 1.62 bits per heavy atom. The predicted molar refractivity (Wildman–Crippen MR) is 28.9 cm³/mol. The van der Waals surface area contributed by atoms with Crippen molar-refractivity contribution in [2.24, 2.45) is 0 Å². The minimum absolute atomic E-state index is 0. The van der Waals surface area contributed by atoms with Crippen LogP contribution in [0.3, 0.4) is 0 Å². The van der Waals surface area contributed by atoms with Crippen molar-refractivity contribution < 1.29 is 17.2 Å². The number of rotatable bonds is 2. The molecule has 0 aliphatic heterocycles. The molecule has 2 radical (unpaired) electrons. The summed E-state index contributed by atoms with van der Waals surface area (Å²) in [6.07, 6.45) is 0. The van der Waals surface area contributed by atoms with Crippen LogP contribution in [0.25, 0.3) is 0 Å². The fraction of sp³-hybridized carbons (Fsp3) is 1.00. The van der Waals surface area contributed by atoms with Gasteiger partial charge in [-0.2, -0.15) is 8.42 Å². The predicted octanol–water partition coefficient (Wildman–Crippen LogP) is -0.555. The molecule has 0 atom stereocenters. The topological polar surface area (TPSA) is 63.6 Å². The summed E-state index contributed by atoms with van der Waals surface area (Å²) in [7, 11) is -4.17. The van der Waals surface area contributed by atoms with Crippen molar-refractivity contribution in [1.82, 2.24) is 0 Å². The van der Waals surface area contributed by atoms with E-state index in [1.807, 2.05) is 0 Å². The Hall–Kier alpha value is 1.44.